The summed E-state index contributed by atoms with van der Waals surface area (Å²) in [5, 5.41) is 1.10. The fraction of sp³-hybridized carbons (Fsp3) is 0.333. The number of piperazine rings is 1. The van der Waals surface area contributed by atoms with Crippen LogP contribution in [0, 0.1) is 0 Å². The van der Waals surface area contributed by atoms with E-state index < -0.39 is 5.54 Å². The van der Waals surface area contributed by atoms with Crippen molar-refractivity contribution in [1.29, 1.82) is 0 Å². The van der Waals surface area contributed by atoms with E-state index in [1.165, 1.54) is 0 Å². The predicted molar refractivity (Wildman–Crippen MR) is 122 cm³/mol. The van der Waals surface area contributed by atoms with Gasteiger partial charge in [0, 0.05) is 41.5 Å². The number of hydrogen-bond acceptors (Lipinski definition) is 3. The van der Waals surface area contributed by atoms with Crippen molar-refractivity contribution in [3.05, 3.63) is 69.8 Å². The van der Waals surface area contributed by atoms with Crippen LogP contribution in [-0.2, 0) is 19.9 Å². The third-order valence-electron chi connectivity index (χ3n) is 6.66. The van der Waals surface area contributed by atoms with Crippen molar-refractivity contribution in [2.45, 2.75) is 18.4 Å². The topological polar surface area (TPSA) is 65.6 Å². The number of para-hydroxylation sites is 1. The van der Waals surface area contributed by atoms with Crippen LogP contribution in [0.25, 0.3) is 10.9 Å². The molecule has 2 aliphatic rings. The first-order valence-corrected chi connectivity index (χ1v) is 11.2. The van der Waals surface area contributed by atoms with Gasteiger partial charge >= 0.3 is 0 Å². The van der Waals surface area contributed by atoms with Gasteiger partial charge in [0.15, 0.2) is 5.54 Å². The van der Waals surface area contributed by atoms with Gasteiger partial charge in [-0.2, -0.15) is 0 Å². The number of benzene rings is 2. The quantitative estimate of drug-likeness (QED) is 0.618. The molecule has 160 valence electrons. The lowest BCUT2D eigenvalue weighted by Gasteiger charge is -2.51. The molecular formula is C24H24BrN3O3. The molecule has 1 saturated heterocycles. The highest BCUT2D eigenvalue weighted by atomic mass is 79.9. The minimum Gasteiger partial charge on any atom is -0.383 e. The molecule has 31 heavy (non-hydrogen) atoms. The SMILES string of the molecule is COCCN1CC(=O)N2C[C@H](c3ccc(Br)cc3)c3c([nH]c4ccccc34)[C@@]2(C)C1=O. The van der Waals surface area contributed by atoms with Gasteiger partial charge in [-0.15, -0.1) is 0 Å². The molecule has 1 aromatic heterocycles. The maximum atomic E-state index is 13.7. The first kappa shape index (κ1) is 20.3. The zero-order valence-electron chi connectivity index (χ0n) is 17.5. The lowest BCUT2D eigenvalue weighted by Crippen LogP contribution is -2.67. The number of rotatable bonds is 4. The van der Waals surface area contributed by atoms with E-state index in [0.717, 1.165) is 32.2 Å². The van der Waals surface area contributed by atoms with Crippen LogP contribution in [0.4, 0.5) is 0 Å². The number of nitrogens with zero attached hydrogens (tertiary/aromatic N) is 2. The summed E-state index contributed by atoms with van der Waals surface area (Å²) >= 11 is 3.51. The van der Waals surface area contributed by atoms with Crippen molar-refractivity contribution < 1.29 is 14.3 Å². The fourth-order valence-corrected chi connectivity index (χ4v) is 5.32. The van der Waals surface area contributed by atoms with E-state index in [9.17, 15) is 9.59 Å². The first-order valence-electron chi connectivity index (χ1n) is 10.4. The molecule has 2 aromatic carbocycles. The minimum atomic E-state index is -1.07. The van der Waals surface area contributed by atoms with Gasteiger partial charge in [-0.05, 0) is 36.2 Å². The van der Waals surface area contributed by atoms with Gasteiger partial charge in [0.2, 0.25) is 5.91 Å². The number of aromatic nitrogens is 1. The van der Waals surface area contributed by atoms with E-state index in [4.69, 9.17) is 4.74 Å². The van der Waals surface area contributed by atoms with Crippen molar-refractivity contribution in [3.63, 3.8) is 0 Å². The summed E-state index contributed by atoms with van der Waals surface area (Å²) in [5.74, 6) is -0.120. The molecule has 0 radical (unpaired) electrons. The largest absolute Gasteiger partial charge is 0.383 e. The average molecular weight is 482 g/mol. The first-order chi connectivity index (χ1) is 14.9. The summed E-state index contributed by atoms with van der Waals surface area (Å²) in [7, 11) is 1.60. The van der Waals surface area contributed by atoms with Crippen LogP contribution in [0.5, 0.6) is 0 Å². The molecule has 3 aromatic rings. The molecule has 1 N–H and O–H groups in total. The van der Waals surface area contributed by atoms with Gasteiger partial charge in [-0.25, -0.2) is 0 Å². The second-order valence-electron chi connectivity index (χ2n) is 8.36. The molecule has 0 aliphatic carbocycles. The molecule has 0 spiro atoms. The number of ether oxygens (including phenoxy) is 1. The molecule has 0 unspecified atom stereocenters. The minimum absolute atomic E-state index is 0.0189. The number of fused-ring (bicyclic) bond motifs is 5. The fourth-order valence-electron chi connectivity index (χ4n) is 5.05. The Morgan fingerprint density at radius 2 is 1.90 bits per heavy atom. The molecular weight excluding hydrogens is 458 g/mol. The van der Waals surface area contributed by atoms with Crippen LogP contribution in [0.3, 0.4) is 0 Å². The van der Waals surface area contributed by atoms with Crippen LogP contribution < -0.4 is 0 Å². The van der Waals surface area contributed by atoms with Crippen LogP contribution in [0.1, 0.15) is 29.7 Å². The van der Waals surface area contributed by atoms with Crippen molar-refractivity contribution in [1.82, 2.24) is 14.8 Å². The highest BCUT2D eigenvalue weighted by molar-refractivity contribution is 9.10. The Kier molecular flexibility index (Phi) is 4.90. The third-order valence-corrected chi connectivity index (χ3v) is 7.18. The van der Waals surface area contributed by atoms with E-state index in [2.05, 4.69) is 39.1 Å². The summed E-state index contributed by atoms with van der Waals surface area (Å²) in [5.41, 5.74) is 2.95. The highest BCUT2D eigenvalue weighted by Gasteiger charge is 2.56. The van der Waals surface area contributed by atoms with Crippen LogP contribution in [0.2, 0.25) is 0 Å². The molecule has 2 atom stereocenters. The van der Waals surface area contributed by atoms with E-state index >= 15 is 0 Å². The number of aromatic amines is 1. The number of carbonyl (C=O) groups is 2. The van der Waals surface area contributed by atoms with Crippen molar-refractivity contribution in [2.24, 2.45) is 0 Å². The zero-order valence-corrected chi connectivity index (χ0v) is 19.1. The molecule has 0 bridgehead atoms. The Morgan fingerprint density at radius 1 is 1.16 bits per heavy atom. The lowest BCUT2D eigenvalue weighted by atomic mass is 9.76. The third kappa shape index (κ3) is 3.02. The number of methoxy groups -OCH3 is 1. The van der Waals surface area contributed by atoms with Gasteiger partial charge in [-0.3, -0.25) is 9.59 Å². The second kappa shape index (κ2) is 7.50. The molecule has 2 aliphatic heterocycles. The van der Waals surface area contributed by atoms with Crippen LogP contribution in [-0.4, -0.2) is 59.9 Å². The predicted octanol–water partition coefficient (Wildman–Crippen LogP) is 3.61. The highest BCUT2D eigenvalue weighted by Crippen LogP contribution is 2.48. The molecule has 7 heteroatoms. The van der Waals surface area contributed by atoms with Gasteiger partial charge in [0.05, 0.1) is 18.8 Å². The van der Waals surface area contributed by atoms with E-state index in [0.29, 0.717) is 19.7 Å². The van der Waals surface area contributed by atoms with Crippen molar-refractivity contribution in [2.75, 3.05) is 33.4 Å². The Bertz CT molecular complexity index is 1170. The van der Waals surface area contributed by atoms with Crippen LogP contribution in [0.15, 0.2) is 53.0 Å². The molecule has 5 rings (SSSR count). The van der Waals surface area contributed by atoms with Gasteiger partial charge in [0.25, 0.3) is 5.91 Å². The summed E-state index contributed by atoms with van der Waals surface area (Å²) < 4.78 is 6.18. The molecule has 3 heterocycles. The number of H-pyrrole nitrogens is 1. The number of carbonyl (C=O) groups excluding carboxylic acids is 2. The van der Waals surface area contributed by atoms with Crippen LogP contribution >= 0.6 is 15.9 Å². The van der Waals surface area contributed by atoms with E-state index in [1.54, 1.807) is 16.9 Å². The maximum absolute atomic E-state index is 13.7. The van der Waals surface area contributed by atoms with Crippen molar-refractivity contribution in [3.8, 4) is 0 Å². The Labute approximate surface area is 189 Å². The molecule has 6 nitrogen and oxygen atoms in total. The van der Waals surface area contributed by atoms with Crippen molar-refractivity contribution >= 4 is 38.6 Å². The molecule has 2 amide bonds. The summed E-state index contributed by atoms with van der Waals surface area (Å²) in [4.78, 5) is 33.9. The number of halogens is 1. The van der Waals surface area contributed by atoms with Gasteiger partial charge in [0.1, 0.15) is 0 Å². The average Bonchev–Trinajstić information content (AvgIpc) is 3.17. The Balaban J connectivity index is 1.72. The summed E-state index contributed by atoms with van der Waals surface area (Å²) in [6.45, 7) is 3.22. The summed E-state index contributed by atoms with van der Waals surface area (Å²) in [6, 6.07) is 16.3. The van der Waals surface area contributed by atoms with E-state index in [-0.39, 0.29) is 24.3 Å². The number of nitrogens with one attached hydrogen (secondary N) is 1. The Hall–Kier alpha value is -2.64. The van der Waals surface area contributed by atoms with E-state index in [1.807, 2.05) is 37.3 Å². The standard InChI is InChI=1S/C24H24BrN3O3/c1-24-22-21(17-5-3-4-6-19(17)26-22)18(15-7-9-16(25)10-8-15)13-28(24)20(29)14-27(23(24)30)11-12-31-2/h3-10,18,26H,11-14H2,1-2H3/t18-,24+/m1/s1. The van der Waals surface area contributed by atoms with Gasteiger partial charge < -0.3 is 19.5 Å². The summed E-state index contributed by atoms with van der Waals surface area (Å²) in [6.07, 6.45) is 0. The number of hydrogen-bond donors (Lipinski definition) is 1. The lowest BCUT2D eigenvalue weighted by molar-refractivity contribution is -0.166. The maximum Gasteiger partial charge on any atom is 0.255 e. The smallest absolute Gasteiger partial charge is 0.255 e. The second-order valence-corrected chi connectivity index (χ2v) is 9.28. The molecule has 1 fully saturated rings. The molecule has 0 saturated carbocycles. The Morgan fingerprint density at radius 3 is 2.65 bits per heavy atom. The number of amides is 2. The van der Waals surface area contributed by atoms with Gasteiger partial charge in [-0.1, -0.05) is 46.3 Å². The normalized spacial score (nSPS) is 23.3. The monoisotopic (exact) mass is 481 g/mol. The zero-order chi connectivity index (χ0) is 21.8.